The molecule has 5 rings (SSSR count). The quantitative estimate of drug-likeness (QED) is 0.714. The number of hydrogen-bond acceptors (Lipinski definition) is 8. The van der Waals surface area contributed by atoms with Gasteiger partial charge in [0.1, 0.15) is 6.79 Å². The third kappa shape index (κ3) is 2.36. The Balaban J connectivity index is 1.42. The molecule has 1 N–H and O–H groups in total. The van der Waals surface area contributed by atoms with Crippen LogP contribution in [0.25, 0.3) is 0 Å². The van der Waals surface area contributed by atoms with Gasteiger partial charge in [0.15, 0.2) is 17.6 Å². The zero-order chi connectivity index (χ0) is 20.4. The van der Waals surface area contributed by atoms with Gasteiger partial charge in [-0.15, -0.1) is 0 Å². The van der Waals surface area contributed by atoms with Crippen molar-refractivity contribution in [1.29, 1.82) is 0 Å². The largest absolute Gasteiger partial charge is 0.750 e. The summed E-state index contributed by atoms with van der Waals surface area (Å²) < 4.78 is 55.9. The van der Waals surface area contributed by atoms with Crippen molar-refractivity contribution in [3.8, 4) is 5.75 Å². The van der Waals surface area contributed by atoms with Gasteiger partial charge in [-0.05, 0) is 19.1 Å². The number of para-hydroxylation sites is 1. The number of halogens is 1. The minimum absolute atomic E-state index is 0.281. The zero-order valence-electron chi connectivity index (χ0n) is 14.9. The molecule has 2 aliphatic heterocycles. The fourth-order valence-electron chi connectivity index (χ4n) is 4.06. The summed E-state index contributed by atoms with van der Waals surface area (Å²) in [7, 11) is -2.74. The van der Waals surface area contributed by atoms with E-state index < -0.39 is 48.9 Å². The predicted octanol–water partition coefficient (Wildman–Crippen LogP) is 1.37. The van der Waals surface area contributed by atoms with Crippen molar-refractivity contribution in [1.82, 2.24) is 9.55 Å². The first kappa shape index (κ1) is 18.6. The Morgan fingerprint density at radius 3 is 2.72 bits per heavy atom. The second-order valence-corrected chi connectivity index (χ2v) is 7.84. The minimum Gasteiger partial charge on any atom is -0.341 e. The first-order valence-corrected chi connectivity index (χ1v) is 9.74. The Labute approximate surface area is 163 Å². The highest BCUT2D eigenvalue weighted by Gasteiger charge is 3.00. The van der Waals surface area contributed by atoms with E-state index in [1.54, 1.807) is 30.3 Å². The molecule has 12 heteroatoms. The van der Waals surface area contributed by atoms with Crippen LogP contribution in [0.3, 0.4) is 0 Å². The molecule has 6 atom stereocenters. The van der Waals surface area contributed by atoms with Gasteiger partial charge in [-0.3, -0.25) is 14.3 Å². The first-order chi connectivity index (χ1) is 13.8. The summed E-state index contributed by atoms with van der Waals surface area (Å²) in [5.41, 5.74) is -4.64. The molecule has 3 heterocycles. The van der Waals surface area contributed by atoms with Gasteiger partial charge < -0.3 is 14.2 Å². The molecule has 10 nitrogen and oxygen atoms in total. The van der Waals surface area contributed by atoms with E-state index in [0.717, 1.165) is 10.6 Å². The molecule has 0 bridgehead atoms. The molecular weight excluding hydrogens is 410 g/mol. The molecule has 29 heavy (non-hydrogen) atoms. The fourth-order valence-corrected chi connectivity index (χ4v) is 4.85. The molecular formula is C17H15FN2O8P+. The van der Waals surface area contributed by atoms with E-state index in [0.29, 0.717) is 0 Å². The first-order valence-electron chi connectivity index (χ1n) is 8.65. The summed E-state index contributed by atoms with van der Waals surface area (Å²) in [5.74, 6) is -2.24. The van der Waals surface area contributed by atoms with Gasteiger partial charge in [0.05, 0.1) is 0 Å². The average molecular weight is 425 g/mol. The summed E-state index contributed by atoms with van der Waals surface area (Å²) in [4.78, 5) is 25.5. The lowest BCUT2D eigenvalue weighted by atomic mass is 9.95. The summed E-state index contributed by atoms with van der Waals surface area (Å²) in [6.07, 6.45) is -1.47. The zero-order valence-corrected chi connectivity index (χ0v) is 15.8. The molecule has 3 aliphatic rings. The van der Waals surface area contributed by atoms with Crippen molar-refractivity contribution < 1.29 is 32.2 Å². The predicted molar refractivity (Wildman–Crippen MR) is 93.0 cm³/mol. The lowest BCUT2D eigenvalue weighted by Gasteiger charge is -2.31. The molecule has 3 fully saturated rings. The van der Waals surface area contributed by atoms with E-state index in [1.165, 1.54) is 13.1 Å². The van der Waals surface area contributed by atoms with Crippen LogP contribution < -0.4 is 15.8 Å². The van der Waals surface area contributed by atoms with Crippen LogP contribution in [0.4, 0.5) is 4.39 Å². The van der Waals surface area contributed by atoms with Crippen molar-refractivity contribution in [2.45, 2.75) is 36.3 Å². The van der Waals surface area contributed by atoms with Gasteiger partial charge in [-0.1, -0.05) is 22.7 Å². The number of ether oxygens (including phenoxy) is 3. The summed E-state index contributed by atoms with van der Waals surface area (Å²) >= 11 is 0. The van der Waals surface area contributed by atoms with E-state index in [-0.39, 0.29) is 12.5 Å². The number of aromatic amines is 1. The highest BCUT2D eigenvalue weighted by atomic mass is 31.1. The van der Waals surface area contributed by atoms with E-state index in [2.05, 4.69) is 4.98 Å². The highest BCUT2D eigenvalue weighted by molar-refractivity contribution is 7.33. The van der Waals surface area contributed by atoms with Crippen LogP contribution in [0.15, 0.2) is 52.2 Å². The van der Waals surface area contributed by atoms with Gasteiger partial charge in [-0.2, -0.15) is 0 Å². The van der Waals surface area contributed by atoms with E-state index in [4.69, 9.17) is 23.3 Å². The van der Waals surface area contributed by atoms with Crippen LogP contribution in [0.1, 0.15) is 13.2 Å². The fraction of sp³-hybridized carbons (Fsp3) is 0.412. The molecule has 1 saturated carbocycles. The third-order valence-electron chi connectivity index (χ3n) is 5.49. The number of hydrogen-bond donors (Lipinski definition) is 1. The Hall–Kier alpha value is -2.43. The molecule has 1 spiro atoms. The summed E-state index contributed by atoms with van der Waals surface area (Å²) in [6, 6.07) is 9.36. The second kappa shape index (κ2) is 6.04. The number of H-pyrrole nitrogens is 1. The smallest absolute Gasteiger partial charge is 0.341 e. The number of nitrogens with one attached hydrogen (secondary N) is 1. The number of benzene rings is 1. The molecule has 1 aliphatic carbocycles. The molecule has 152 valence electrons. The van der Waals surface area contributed by atoms with Crippen molar-refractivity contribution in [3.05, 3.63) is 63.4 Å². The normalized spacial score (nSPS) is 37.7. The number of nitrogens with zero attached hydrogens (tertiary/aromatic N) is 1. The lowest BCUT2D eigenvalue weighted by Crippen LogP contribution is -2.49. The average Bonchev–Trinajstić information content (AvgIpc) is 2.92. The molecule has 0 amide bonds. The Morgan fingerprint density at radius 2 is 2.00 bits per heavy atom. The number of aromatic nitrogens is 2. The van der Waals surface area contributed by atoms with Crippen molar-refractivity contribution >= 4 is 8.25 Å². The van der Waals surface area contributed by atoms with Crippen LogP contribution >= 0.6 is 8.25 Å². The Morgan fingerprint density at radius 1 is 1.24 bits per heavy atom. The van der Waals surface area contributed by atoms with Crippen molar-refractivity contribution in [2.75, 3.05) is 6.79 Å². The maximum absolute atomic E-state index is 15.7. The van der Waals surface area contributed by atoms with E-state index in [1.807, 2.05) is 0 Å². The van der Waals surface area contributed by atoms with Crippen LogP contribution in [-0.4, -0.2) is 39.5 Å². The SMILES string of the molecule is C[C@@]12OCO[C@@]13C(O[P+](=O)Oc1ccccc1)[C@@]3(F)O[C@H]2n1ccc(=O)[nH]c1=O. The van der Waals surface area contributed by atoms with Crippen molar-refractivity contribution in [3.63, 3.8) is 0 Å². The van der Waals surface area contributed by atoms with Crippen LogP contribution in [0, 0.1) is 0 Å². The molecule has 0 radical (unpaired) electrons. The molecule has 1 aromatic heterocycles. The number of alkyl halides is 1. The maximum Gasteiger partial charge on any atom is 0.750 e. The lowest BCUT2D eigenvalue weighted by molar-refractivity contribution is -0.188. The highest BCUT2D eigenvalue weighted by Crippen LogP contribution is 2.75. The molecule has 2 saturated heterocycles. The molecule has 1 aromatic carbocycles. The summed E-state index contributed by atoms with van der Waals surface area (Å²) in [5, 5.41) is 0. The van der Waals surface area contributed by atoms with Crippen LogP contribution in [-0.2, 0) is 23.3 Å². The topological polar surface area (TPSA) is 118 Å². The van der Waals surface area contributed by atoms with Crippen LogP contribution in [0.5, 0.6) is 5.75 Å². The van der Waals surface area contributed by atoms with Gasteiger partial charge in [0.25, 0.3) is 11.4 Å². The second-order valence-electron chi connectivity index (χ2n) is 7.00. The summed E-state index contributed by atoms with van der Waals surface area (Å²) in [6.45, 7) is 1.22. The number of rotatable bonds is 5. The minimum atomic E-state index is -2.74. The van der Waals surface area contributed by atoms with Gasteiger partial charge in [-0.25, -0.2) is 13.7 Å². The molecule has 2 unspecified atom stereocenters. The molecule has 2 aromatic rings. The van der Waals surface area contributed by atoms with Gasteiger partial charge in [0.2, 0.25) is 11.7 Å². The van der Waals surface area contributed by atoms with Crippen LogP contribution in [0.2, 0.25) is 0 Å². The van der Waals surface area contributed by atoms with E-state index >= 15 is 4.39 Å². The third-order valence-corrected chi connectivity index (χ3v) is 6.23. The van der Waals surface area contributed by atoms with Gasteiger partial charge in [0, 0.05) is 16.8 Å². The maximum atomic E-state index is 15.7. The van der Waals surface area contributed by atoms with Gasteiger partial charge >= 0.3 is 13.9 Å². The Bertz CT molecular complexity index is 1110. The standard InChI is InChI=1S/C17H14FN2O8P/c1-15-13(20-8-7-11(21)19-14(20)22)26-17(18)12(16(15,17)25-9-24-15)28-29(23)27-10-5-3-2-4-6-10/h2-8,12-13H,9H2,1H3/p+1/t12?,13-,15+,16+,17-/m1/s1. The Kier molecular flexibility index (Phi) is 3.87. The van der Waals surface area contributed by atoms with Crippen molar-refractivity contribution in [2.24, 2.45) is 0 Å². The van der Waals surface area contributed by atoms with E-state index in [9.17, 15) is 14.2 Å². The monoisotopic (exact) mass is 425 g/mol.